The molecule has 2 rings (SSSR count). The maximum atomic E-state index is 11.1. The first-order chi connectivity index (χ1) is 9.11. The molecule has 0 aliphatic carbocycles. The van der Waals surface area contributed by atoms with Crippen molar-refractivity contribution in [3.8, 4) is 11.5 Å². The van der Waals surface area contributed by atoms with Crippen molar-refractivity contribution in [1.82, 2.24) is 0 Å². The molecular weight excluding hydrogens is 250 g/mol. The number of nitrogens with two attached hydrogens (primary N) is 1. The van der Waals surface area contributed by atoms with E-state index >= 15 is 0 Å². The molecule has 0 radical (unpaired) electrons. The predicted molar refractivity (Wildman–Crippen MR) is 68.8 cm³/mol. The van der Waals surface area contributed by atoms with Crippen LogP contribution in [-0.4, -0.2) is 37.5 Å². The molecule has 1 aliphatic heterocycles. The molecule has 0 unspecified atom stereocenters. The Balaban J connectivity index is 2.26. The molecule has 0 amide bonds. The average molecular weight is 267 g/mol. The number of hydrogen-bond donors (Lipinski definition) is 2. The number of carboxylic acid groups (broad SMARTS) is 1. The Hall–Kier alpha value is -1.95. The van der Waals surface area contributed by atoms with Gasteiger partial charge in [0, 0.05) is 25.0 Å². The van der Waals surface area contributed by atoms with Gasteiger partial charge in [-0.3, -0.25) is 0 Å². The van der Waals surface area contributed by atoms with Gasteiger partial charge in [-0.15, -0.1) is 0 Å². The van der Waals surface area contributed by atoms with Gasteiger partial charge < -0.3 is 25.1 Å². The summed E-state index contributed by atoms with van der Waals surface area (Å²) in [5.74, 6) is -0.244. The number of rotatable bonds is 4. The minimum absolute atomic E-state index is 0.00733. The first kappa shape index (κ1) is 13.5. The largest absolute Gasteiger partial charge is 0.493 e. The summed E-state index contributed by atoms with van der Waals surface area (Å²) in [7, 11) is 1.49. The summed E-state index contributed by atoms with van der Waals surface area (Å²) in [6.07, 6.45) is 1.55. The van der Waals surface area contributed by atoms with Crippen LogP contribution in [0.4, 0.5) is 5.69 Å². The Labute approximate surface area is 111 Å². The number of aromatic carboxylic acids is 1. The number of nitrogen functional groups attached to an aromatic ring is 1. The lowest BCUT2D eigenvalue weighted by molar-refractivity contribution is 0.0244. The highest BCUT2D eigenvalue weighted by Gasteiger charge is 2.20. The van der Waals surface area contributed by atoms with Crippen molar-refractivity contribution in [3.63, 3.8) is 0 Å². The van der Waals surface area contributed by atoms with Crippen molar-refractivity contribution < 1.29 is 24.1 Å². The maximum absolute atomic E-state index is 11.1. The third-order valence-electron chi connectivity index (χ3n) is 3.03. The molecule has 19 heavy (non-hydrogen) atoms. The molecule has 1 saturated heterocycles. The molecule has 1 aromatic carbocycles. The molecule has 0 saturated carbocycles. The zero-order valence-corrected chi connectivity index (χ0v) is 10.7. The average Bonchev–Trinajstić information content (AvgIpc) is 2.41. The molecule has 1 fully saturated rings. The zero-order chi connectivity index (χ0) is 13.8. The fraction of sp³-hybridized carbons (Fsp3) is 0.462. The van der Waals surface area contributed by atoms with E-state index in [1.54, 1.807) is 0 Å². The summed E-state index contributed by atoms with van der Waals surface area (Å²) in [5.41, 5.74) is 5.84. The van der Waals surface area contributed by atoms with Gasteiger partial charge in [0.05, 0.1) is 31.6 Å². The summed E-state index contributed by atoms with van der Waals surface area (Å²) in [6.45, 7) is 1.29. The van der Waals surface area contributed by atoms with Crippen molar-refractivity contribution in [1.29, 1.82) is 0 Å². The number of carboxylic acids is 1. The summed E-state index contributed by atoms with van der Waals surface area (Å²) in [4.78, 5) is 11.1. The molecule has 1 aliphatic rings. The van der Waals surface area contributed by atoms with E-state index in [0.29, 0.717) is 24.7 Å². The van der Waals surface area contributed by atoms with E-state index in [4.69, 9.17) is 25.1 Å². The van der Waals surface area contributed by atoms with Gasteiger partial charge in [-0.25, -0.2) is 4.79 Å². The fourth-order valence-electron chi connectivity index (χ4n) is 1.99. The zero-order valence-electron chi connectivity index (χ0n) is 10.7. The van der Waals surface area contributed by atoms with Gasteiger partial charge in [-0.2, -0.15) is 0 Å². The van der Waals surface area contributed by atoms with E-state index in [9.17, 15) is 4.79 Å². The number of ether oxygens (including phenoxy) is 3. The summed E-state index contributed by atoms with van der Waals surface area (Å²) in [6, 6.07) is 2.88. The number of hydrogen-bond acceptors (Lipinski definition) is 5. The second-order valence-corrected chi connectivity index (χ2v) is 4.33. The number of methoxy groups -OCH3 is 1. The van der Waals surface area contributed by atoms with Crippen LogP contribution in [0.5, 0.6) is 11.5 Å². The third-order valence-corrected chi connectivity index (χ3v) is 3.03. The van der Waals surface area contributed by atoms with E-state index in [1.165, 1.54) is 19.2 Å². The Morgan fingerprint density at radius 1 is 1.37 bits per heavy atom. The SMILES string of the molecule is COc1cc(N)c(C(=O)O)cc1OC1CCOCC1. The molecular formula is C13H17NO5. The first-order valence-electron chi connectivity index (χ1n) is 6.07. The number of benzene rings is 1. The molecule has 104 valence electrons. The van der Waals surface area contributed by atoms with Crippen LogP contribution < -0.4 is 15.2 Å². The molecule has 1 aromatic rings. The van der Waals surface area contributed by atoms with Crippen molar-refractivity contribution >= 4 is 11.7 Å². The van der Waals surface area contributed by atoms with Gasteiger partial charge in [-0.05, 0) is 0 Å². The Morgan fingerprint density at radius 3 is 2.63 bits per heavy atom. The minimum Gasteiger partial charge on any atom is -0.493 e. The number of carbonyl (C=O) groups is 1. The second-order valence-electron chi connectivity index (χ2n) is 4.33. The molecule has 1 heterocycles. The summed E-state index contributed by atoms with van der Waals surface area (Å²) in [5, 5.41) is 9.06. The minimum atomic E-state index is -1.09. The molecule has 0 aromatic heterocycles. The van der Waals surface area contributed by atoms with E-state index < -0.39 is 5.97 Å². The van der Waals surface area contributed by atoms with Crippen molar-refractivity contribution in [3.05, 3.63) is 17.7 Å². The van der Waals surface area contributed by atoms with Crippen molar-refractivity contribution in [2.45, 2.75) is 18.9 Å². The highest BCUT2D eigenvalue weighted by Crippen LogP contribution is 2.34. The van der Waals surface area contributed by atoms with Crippen LogP contribution in [0.2, 0.25) is 0 Å². The quantitative estimate of drug-likeness (QED) is 0.804. The lowest BCUT2D eigenvalue weighted by atomic mass is 10.1. The van der Waals surface area contributed by atoms with Crippen LogP contribution >= 0.6 is 0 Å². The van der Waals surface area contributed by atoms with Crippen LogP contribution in [0, 0.1) is 0 Å². The predicted octanol–water partition coefficient (Wildman–Crippen LogP) is 1.53. The highest BCUT2D eigenvalue weighted by molar-refractivity contribution is 5.94. The number of anilines is 1. The Kier molecular flexibility index (Phi) is 4.11. The maximum Gasteiger partial charge on any atom is 0.337 e. The molecule has 0 atom stereocenters. The summed E-state index contributed by atoms with van der Waals surface area (Å²) >= 11 is 0. The highest BCUT2D eigenvalue weighted by atomic mass is 16.5. The van der Waals surface area contributed by atoms with Crippen molar-refractivity contribution in [2.24, 2.45) is 0 Å². The van der Waals surface area contributed by atoms with Gasteiger partial charge >= 0.3 is 5.97 Å². The lowest BCUT2D eigenvalue weighted by Crippen LogP contribution is -2.26. The van der Waals surface area contributed by atoms with Crippen LogP contribution in [0.3, 0.4) is 0 Å². The third kappa shape index (κ3) is 3.08. The van der Waals surface area contributed by atoms with E-state index in [1.807, 2.05) is 0 Å². The van der Waals surface area contributed by atoms with Gasteiger partial charge in [0.15, 0.2) is 11.5 Å². The first-order valence-corrected chi connectivity index (χ1v) is 6.07. The standard InChI is InChI=1S/C13H17NO5/c1-17-11-7-10(14)9(13(15)16)6-12(11)19-8-2-4-18-5-3-8/h6-8H,2-5,14H2,1H3,(H,15,16). The van der Waals surface area contributed by atoms with Gasteiger partial charge in [-0.1, -0.05) is 0 Å². The molecule has 0 spiro atoms. The van der Waals surface area contributed by atoms with Crippen LogP contribution in [0.15, 0.2) is 12.1 Å². The van der Waals surface area contributed by atoms with E-state index in [2.05, 4.69) is 0 Å². The normalized spacial score (nSPS) is 16.1. The van der Waals surface area contributed by atoms with Crippen LogP contribution in [0.1, 0.15) is 23.2 Å². The van der Waals surface area contributed by atoms with E-state index in [0.717, 1.165) is 12.8 Å². The smallest absolute Gasteiger partial charge is 0.337 e. The Morgan fingerprint density at radius 2 is 2.05 bits per heavy atom. The van der Waals surface area contributed by atoms with Crippen LogP contribution in [0.25, 0.3) is 0 Å². The fourth-order valence-corrected chi connectivity index (χ4v) is 1.99. The van der Waals surface area contributed by atoms with Crippen LogP contribution in [-0.2, 0) is 4.74 Å². The Bertz CT molecular complexity index is 468. The van der Waals surface area contributed by atoms with E-state index in [-0.39, 0.29) is 17.4 Å². The topological polar surface area (TPSA) is 91.0 Å². The molecule has 0 bridgehead atoms. The van der Waals surface area contributed by atoms with Crippen molar-refractivity contribution in [2.75, 3.05) is 26.1 Å². The van der Waals surface area contributed by atoms with Gasteiger partial charge in [0.2, 0.25) is 0 Å². The summed E-state index contributed by atoms with van der Waals surface area (Å²) < 4.78 is 16.2. The lowest BCUT2D eigenvalue weighted by Gasteiger charge is -2.24. The second kappa shape index (κ2) is 5.79. The van der Waals surface area contributed by atoms with Gasteiger partial charge in [0.1, 0.15) is 6.10 Å². The molecule has 6 heteroatoms. The monoisotopic (exact) mass is 267 g/mol. The molecule has 3 N–H and O–H groups in total. The van der Waals surface area contributed by atoms with Gasteiger partial charge in [0.25, 0.3) is 0 Å². The molecule has 6 nitrogen and oxygen atoms in total.